The molecule has 142 valence electrons. The van der Waals surface area contributed by atoms with Crippen molar-refractivity contribution in [3.63, 3.8) is 0 Å². The van der Waals surface area contributed by atoms with Gasteiger partial charge in [-0.05, 0) is 43.2 Å². The lowest BCUT2D eigenvalue weighted by molar-refractivity contribution is -0.137. The molecule has 0 radical (unpaired) electrons. The van der Waals surface area contributed by atoms with Crippen molar-refractivity contribution in [3.05, 3.63) is 53.6 Å². The fourth-order valence-corrected chi connectivity index (χ4v) is 2.58. The molecule has 0 atom stereocenters. The van der Waals surface area contributed by atoms with E-state index >= 15 is 0 Å². The summed E-state index contributed by atoms with van der Waals surface area (Å²) in [7, 11) is 1.37. The van der Waals surface area contributed by atoms with E-state index in [-0.39, 0.29) is 28.8 Å². The largest absolute Gasteiger partial charge is 0.496 e. The number of amides is 2. The van der Waals surface area contributed by atoms with Crippen LogP contribution in [0.5, 0.6) is 5.75 Å². The van der Waals surface area contributed by atoms with Gasteiger partial charge in [-0.3, -0.25) is 9.59 Å². The van der Waals surface area contributed by atoms with E-state index in [2.05, 4.69) is 10.6 Å². The summed E-state index contributed by atoms with van der Waals surface area (Å²) in [4.78, 5) is 24.2. The number of alkyl halides is 3. The van der Waals surface area contributed by atoms with Gasteiger partial charge in [-0.1, -0.05) is 12.1 Å². The Labute approximate surface area is 153 Å². The number of hydrogen-bond donors (Lipinski definition) is 2. The molecule has 8 heteroatoms. The van der Waals surface area contributed by atoms with Crippen molar-refractivity contribution in [1.29, 1.82) is 0 Å². The minimum absolute atomic E-state index is 0.0366. The number of anilines is 2. The van der Waals surface area contributed by atoms with Crippen molar-refractivity contribution >= 4 is 23.2 Å². The third-order valence-corrected chi connectivity index (χ3v) is 4.14. The van der Waals surface area contributed by atoms with Crippen LogP contribution in [0.1, 0.15) is 28.8 Å². The van der Waals surface area contributed by atoms with Gasteiger partial charge in [0.15, 0.2) is 0 Å². The summed E-state index contributed by atoms with van der Waals surface area (Å²) in [5, 5.41) is 4.75. The quantitative estimate of drug-likeness (QED) is 0.815. The van der Waals surface area contributed by atoms with Crippen LogP contribution in [0.2, 0.25) is 0 Å². The van der Waals surface area contributed by atoms with Gasteiger partial charge in [0.1, 0.15) is 5.75 Å². The first kappa shape index (κ1) is 18.8. The maximum Gasteiger partial charge on any atom is 0.418 e. The molecule has 0 heterocycles. The van der Waals surface area contributed by atoms with Crippen molar-refractivity contribution in [1.82, 2.24) is 0 Å². The van der Waals surface area contributed by atoms with Crippen LogP contribution >= 0.6 is 0 Å². The lowest BCUT2D eigenvalue weighted by Gasteiger charge is -2.16. The zero-order valence-electron chi connectivity index (χ0n) is 14.4. The molecule has 0 aromatic heterocycles. The van der Waals surface area contributed by atoms with Gasteiger partial charge in [0.05, 0.1) is 23.9 Å². The third-order valence-electron chi connectivity index (χ3n) is 4.14. The molecule has 1 aliphatic carbocycles. The van der Waals surface area contributed by atoms with E-state index in [1.807, 2.05) is 0 Å². The van der Waals surface area contributed by atoms with E-state index in [0.717, 1.165) is 25.0 Å². The second-order valence-electron chi connectivity index (χ2n) is 6.18. The van der Waals surface area contributed by atoms with Gasteiger partial charge >= 0.3 is 6.18 Å². The van der Waals surface area contributed by atoms with Crippen molar-refractivity contribution in [3.8, 4) is 5.75 Å². The Morgan fingerprint density at radius 1 is 1.07 bits per heavy atom. The van der Waals surface area contributed by atoms with E-state index in [4.69, 9.17) is 4.74 Å². The van der Waals surface area contributed by atoms with E-state index in [0.29, 0.717) is 0 Å². The van der Waals surface area contributed by atoms with Crippen LogP contribution in [0.15, 0.2) is 42.5 Å². The van der Waals surface area contributed by atoms with Crippen molar-refractivity contribution < 1.29 is 27.5 Å². The third kappa shape index (κ3) is 4.39. The predicted octanol–water partition coefficient (Wildman–Crippen LogP) is 4.31. The maximum absolute atomic E-state index is 13.4. The van der Waals surface area contributed by atoms with Crippen LogP contribution < -0.4 is 15.4 Å². The maximum atomic E-state index is 13.4. The minimum atomic E-state index is -4.70. The summed E-state index contributed by atoms with van der Waals surface area (Å²) in [5.41, 5.74) is -1.30. The number of para-hydroxylation sites is 1. The SMILES string of the molecule is COc1ccccc1C(=O)Nc1ccc(NC(=O)C2CC2)cc1C(F)(F)F. The van der Waals surface area contributed by atoms with Crippen molar-refractivity contribution in [2.45, 2.75) is 19.0 Å². The highest BCUT2D eigenvalue weighted by molar-refractivity contribution is 6.06. The van der Waals surface area contributed by atoms with Crippen LogP contribution in [-0.2, 0) is 11.0 Å². The van der Waals surface area contributed by atoms with Gasteiger partial charge in [-0.25, -0.2) is 0 Å². The first-order valence-corrected chi connectivity index (χ1v) is 8.26. The molecule has 2 N–H and O–H groups in total. The number of hydrogen-bond acceptors (Lipinski definition) is 3. The van der Waals surface area contributed by atoms with E-state index in [1.165, 1.54) is 25.3 Å². The van der Waals surface area contributed by atoms with Crippen LogP contribution in [-0.4, -0.2) is 18.9 Å². The normalized spacial score (nSPS) is 13.8. The molecule has 2 amide bonds. The lowest BCUT2D eigenvalue weighted by atomic mass is 10.1. The zero-order chi connectivity index (χ0) is 19.6. The molecule has 1 fully saturated rings. The van der Waals surface area contributed by atoms with Crippen LogP contribution in [0.4, 0.5) is 24.5 Å². The highest BCUT2D eigenvalue weighted by Gasteiger charge is 2.35. The van der Waals surface area contributed by atoms with Gasteiger partial charge in [0, 0.05) is 11.6 Å². The Morgan fingerprint density at radius 2 is 1.78 bits per heavy atom. The first-order chi connectivity index (χ1) is 12.8. The van der Waals surface area contributed by atoms with Gasteiger partial charge < -0.3 is 15.4 Å². The molecule has 2 aromatic rings. The number of carbonyl (C=O) groups is 2. The molecule has 0 aliphatic heterocycles. The van der Waals surface area contributed by atoms with E-state index in [9.17, 15) is 22.8 Å². The molecule has 0 unspecified atom stereocenters. The topological polar surface area (TPSA) is 67.4 Å². The summed E-state index contributed by atoms with van der Waals surface area (Å²) < 4.78 is 45.4. The number of halogens is 3. The molecule has 0 saturated heterocycles. The standard InChI is InChI=1S/C19H17F3N2O3/c1-27-16-5-3-2-4-13(16)18(26)24-15-9-8-12(10-14(15)19(20,21)22)23-17(25)11-6-7-11/h2-5,8-11H,6-7H2,1H3,(H,23,25)(H,24,26). The number of benzene rings is 2. The van der Waals surface area contributed by atoms with Crippen LogP contribution in [0.25, 0.3) is 0 Å². The van der Waals surface area contributed by atoms with E-state index < -0.39 is 23.3 Å². The zero-order valence-corrected chi connectivity index (χ0v) is 14.4. The Morgan fingerprint density at radius 3 is 2.41 bits per heavy atom. The number of nitrogens with one attached hydrogen (secondary N) is 2. The average molecular weight is 378 g/mol. The summed E-state index contributed by atoms with van der Waals surface area (Å²) in [6.45, 7) is 0. The number of rotatable bonds is 5. The molecule has 0 bridgehead atoms. The van der Waals surface area contributed by atoms with Crippen molar-refractivity contribution in [2.24, 2.45) is 5.92 Å². The monoisotopic (exact) mass is 378 g/mol. The minimum Gasteiger partial charge on any atom is -0.496 e. The molecule has 27 heavy (non-hydrogen) atoms. The number of ether oxygens (including phenoxy) is 1. The Bertz CT molecular complexity index is 877. The second-order valence-corrected chi connectivity index (χ2v) is 6.18. The first-order valence-electron chi connectivity index (χ1n) is 8.26. The second kappa shape index (κ2) is 7.30. The summed E-state index contributed by atoms with van der Waals surface area (Å²) in [6.07, 6.45) is -3.22. The molecule has 5 nitrogen and oxygen atoms in total. The van der Waals surface area contributed by atoms with Crippen LogP contribution in [0.3, 0.4) is 0 Å². The Balaban J connectivity index is 1.87. The molecule has 3 rings (SSSR count). The van der Waals surface area contributed by atoms with Crippen molar-refractivity contribution in [2.75, 3.05) is 17.7 Å². The molecular formula is C19H17F3N2O3. The summed E-state index contributed by atoms with van der Waals surface area (Å²) in [5.74, 6) is -0.914. The fraction of sp³-hybridized carbons (Fsp3) is 0.263. The van der Waals surface area contributed by atoms with E-state index in [1.54, 1.807) is 12.1 Å². The van der Waals surface area contributed by atoms with Crippen LogP contribution in [0, 0.1) is 5.92 Å². The number of methoxy groups -OCH3 is 1. The molecule has 2 aromatic carbocycles. The molecular weight excluding hydrogens is 361 g/mol. The van der Waals surface area contributed by atoms with Gasteiger partial charge in [0.25, 0.3) is 5.91 Å². The van der Waals surface area contributed by atoms with Gasteiger partial charge in [0.2, 0.25) is 5.91 Å². The highest BCUT2D eigenvalue weighted by atomic mass is 19.4. The van der Waals surface area contributed by atoms with Gasteiger partial charge in [-0.15, -0.1) is 0 Å². The predicted molar refractivity (Wildman–Crippen MR) is 93.7 cm³/mol. The molecule has 0 spiro atoms. The average Bonchev–Trinajstić information content (AvgIpc) is 3.47. The fourth-order valence-electron chi connectivity index (χ4n) is 2.58. The van der Waals surface area contributed by atoms with Gasteiger partial charge in [-0.2, -0.15) is 13.2 Å². The molecule has 1 aliphatic rings. The Hall–Kier alpha value is -3.03. The molecule has 1 saturated carbocycles. The summed E-state index contributed by atoms with van der Waals surface area (Å²) in [6, 6.07) is 9.48. The highest BCUT2D eigenvalue weighted by Crippen LogP contribution is 2.38. The number of carbonyl (C=O) groups excluding carboxylic acids is 2. The smallest absolute Gasteiger partial charge is 0.418 e. The summed E-state index contributed by atoms with van der Waals surface area (Å²) >= 11 is 0. The Kier molecular flexibility index (Phi) is 5.07. The lowest BCUT2D eigenvalue weighted by Crippen LogP contribution is -2.18.